The minimum atomic E-state index is -0.868. The number of carboxylic acid groups (broad SMARTS) is 1. The van der Waals surface area contributed by atoms with Gasteiger partial charge in [0.15, 0.2) is 0 Å². The average Bonchev–Trinajstić information content (AvgIpc) is 3.61. The lowest BCUT2D eigenvalue weighted by Crippen LogP contribution is -2.36. The minimum Gasteiger partial charge on any atom is -0.478 e. The van der Waals surface area contributed by atoms with E-state index in [4.69, 9.17) is 5.11 Å². The van der Waals surface area contributed by atoms with Crippen LogP contribution in [-0.2, 0) is 6.54 Å². The van der Waals surface area contributed by atoms with Gasteiger partial charge < -0.3 is 15.7 Å². The molecule has 2 saturated carbocycles. The quantitative estimate of drug-likeness (QED) is 0.464. The zero-order valence-corrected chi connectivity index (χ0v) is 19.1. The van der Waals surface area contributed by atoms with Crippen molar-refractivity contribution < 1.29 is 9.90 Å². The number of benzene rings is 2. The van der Waals surface area contributed by atoms with Crippen LogP contribution in [0.5, 0.6) is 0 Å². The van der Waals surface area contributed by atoms with Gasteiger partial charge in [0.05, 0.1) is 5.56 Å². The summed E-state index contributed by atoms with van der Waals surface area (Å²) in [6, 6.07) is 19.1. The highest BCUT2D eigenvalue weighted by Gasteiger charge is 2.39. The Kier molecular flexibility index (Phi) is 7.77. The molecule has 4 heteroatoms. The van der Waals surface area contributed by atoms with E-state index in [0.717, 1.165) is 31.0 Å². The molecule has 2 aromatic carbocycles. The second-order valence-corrected chi connectivity index (χ2v) is 9.44. The Bertz CT molecular complexity index is 899. The second kappa shape index (κ2) is 10.9. The molecule has 0 heterocycles. The molecule has 4 rings (SSSR count). The molecule has 0 aliphatic heterocycles. The highest BCUT2D eigenvalue weighted by atomic mass is 16.4. The Morgan fingerprint density at radius 1 is 1.00 bits per heavy atom. The molecule has 0 aromatic heterocycles. The van der Waals surface area contributed by atoms with Crippen LogP contribution in [0.2, 0.25) is 0 Å². The largest absolute Gasteiger partial charge is 0.478 e. The van der Waals surface area contributed by atoms with E-state index in [1.54, 1.807) is 17.7 Å². The summed E-state index contributed by atoms with van der Waals surface area (Å²) in [4.78, 5) is 11.0. The van der Waals surface area contributed by atoms with Crippen LogP contribution in [0.25, 0.3) is 6.08 Å². The van der Waals surface area contributed by atoms with E-state index < -0.39 is 5.97 Å². The number of hydrogen-bond acceptors (Lipinski definition) is 3. The normalized spacial score (nSPS) is 25.5. The highest BCUT2D eigenvalue weighted by molar-refractivity contribution is 5.87. The molecule has 170 valence electrons. The van der Waals surface area contributed by atoms with Gasteiger partial charge in [-0.25, -0.2) is 4.79 Å². The Labute approximate surface area is 192 Å². The topological polar surface area (TPSA) is 61.4 Å². The predicted octanol–water partition coefficient (Wildman–Crippen LogP) is 5.50. The summed E-state index contributed by atoms with van der Waals surface area (Å²) >= 11 is 0. The van der Waals surface area contributed by atoms with Gasteiger partial charge in [0, 0.05) is 18.6 Å². The van der Waals surface area contributed by atoms with Crippen molar-refractivity contribution in [3.05, 3.63) is 76.9 Å². The van der Waals surface area contributed by atoms with Crippen LogP contribution < -0.4 is 10.6 Å². The molecule has 2 atom stereocenters. The molecular formula is C28H36N2O2. The summed E-state index contributed by atoms with van der Waals surface area (Å²) in [5.41, 5.74) is 4.40. The summed E-state index contributed by atoms with van der Waals surface area (Å²) in [5.74, 6) is 0.630. The molecule has 2 aromatic rings. The van der Waals surface area contributed by atoms with Gasteiger partial charge in [0.25, 0.3) is 0 Å². The fourth-order valence-electron chi connectivity index (χ4n) is 4.98. The van der Waals surface area contributed by atoms with Crippen LogP contribution in [0.1, 0.15) is 66.9 Å². The first-order valence-electron chi connectivity index (χ1n) is 12.2. The molecular weight excluding hydrogens is 396 g/mol. The van der Waals surface area contributed by atoms with Gasteiger partial charge in [0.1, 0.15) is 0 Å². The first-order chi connectivity index (χ1) is 15.6. The molecule has 0 saturated heterocycles. The van der Waals surface area contributed by atoms with E-state index in [2.05, 4.69) is 54.0 Å². The van der Waals surface area contributed by atoms with Crippen LogP contribution in [0.15, 0.2) is 60.2 Å². The molecule has 2 fully saturated rings. The van der Waals surface area contributed by atoms with Gasteiger partial charge in [-0.05, 0) is 80.2 Å². The van der Waals surface area contributed by atoms with Crippen LogP contribution in [-0.4, -0.2) is 29.7 Å². The number of nitrogens with one attached hydrogen (secondary N) is 2. The third-order valence-corrected chi connectivity index (χ3v) is 7.14. The molecule has 4 nitrogen and oxygen atoms in total. The number of hydrogen-bond donors (Lipinski definition) is 3. The SMILES string of the molecule is CCC(=Cc1ccccc1)[C@@H]1C[C@H]1NCC1CCC(NCc2ccc(C(=O)O)cc2)CC1. The molecule has 2 aliphatic rings. The van der Waals surface area contributed by atoms with Gasteiger partial charge in [-0.15, -0.1) is 0 Å². The van der Waals surface area contributed by atoms with Crippen molar-refractivity contribution in [2.24, 2.45) is 11.8 Å². The zero-order valence-electron chi connectivity index (χ0n) is 19.1. The molecule has 0 bridgehead atoms. The first-order valence-corrected chi connectivity index (χ1v) is 12.2. The summed E-state index contributed by atoms with van der Waals surface area (Å²) in [6.07, 6.45) is 9.81. The Balaban J connectivity index is 1.14. The molecule has 3 N–H and O–H groups in total. The predicted molar refractivity (Wildman–Crippen MR) is 131 cm³/mol. The maximum absolute atomic E-state index is 11.0. The standard InChI is InChI=1S/C28H36N2O2/c1-2-23(16-20-6-4-3-5-7-20)26-17-27(26)30-19-22-10-14-25(15-11-22)29-18-21-8-12-24(13-9-21)28(31)32/h3-9,12-13,16,22,25-27,29-30H,2,10-11,14-15,17-19H2,1H3,(H,31,32)/t22?,25?,26-,27+/m0/s1. The Morgan fingerprint density at radius 2 is 1.72 bits per heavy atom. The lowest BCUT2D eigenvalue weighted by atomic mass is 9.86. The maximum Gasteiger partial charge on any atom is 0.335 e. The minimum absolute atomic E-state index is 0.348. The highest BCUT2D eigenvalue weighted by Crippen LogP contribution is 2.40. The van der Waals surface area contributed by atoms with Crippen molar-refractivity contribution in [3.63, 3.8) is 0 Å². The van der Waals surface area contributed by atoms with Crippen LogP contribution in [0, 0.1) is 11.8 Å². The third kappa shape index (κ3) is 6.30. The molecule has 2 aliphatic carbocycles. The fraction of sp³-hybridized carbons (Fsp3) is 0.464. The summed E-state index contributed by atoms with van der Waals surface area (Å²) in [5, 5.41) is 16.5. The number of rotatable bonds is 10. The smallest absolute Gasteiger partial charge is 0.335 e. The van der Waals surface area contributed by atoms with E-state index >= 15 is 0 Å². The van der Waals surface area contributed by atoms with Crippen molar-refractivity contribution >= 4 is 12.0 Å². The number of carbonyl (C=O) groups is 1. The Hall–Kier alpha value is -2.43. The summed E-state index contributed by atoms with van der Waals surface area (Å²) < 4.78 is 0. The van der Waals surface area contributed by atoms with Gasteiger partial charge in [-0.2, -0.15) is 0 Å². The van der Waals surface area contributed by atoms with Crippen LogP contribution >= 0.6 is 0 Å². The lowest BCUT2D eigenvalue weighted by Gasteiger charge is -2.29. The fourth-order valence-corrected chi connectivity index (χ4v) is 4.98. The molecule has 0 unspecified atom stereocenters. The second-order valence-electron chi connectivity index (χ2n) is 9.44. The van der Waals surface area contributed by atoms with Gasteiger partial charge >= 0.3 is 5.97 Å². The summed E-state index contributed by atoms with van der Waals surface area (Å²) in [7, 11) is 0. The summed E-state index contributed by atoms with van der Waals surface area (Å²) in [6.45, 7) is 4.23. The third-order valence-electron chi connectivity index (χ3n) is 7.14. The number of carboxylic acids is 1. The Morgan fingerprint density at radius 3 is 2.38 bits per heavy atom. The molecule has 0 radical (unpaired) electrons. The van der Waals surface area contributed by atoms with Gasteiger partial charge in [0.2, 0.25) is 0 Å². The van der Waals surface area contributed by atoms with Crippen molar-refractivity contribution in [1.82, 2.24) is 10.6 Å². The van der Waals surface area contributed by atoms with Crippen LogP contribution in [0.4, 0.5) is 0 Å². The van der Waals surface area contributed by atoms with E-state index in [9.17, 15) is 4.79 Å². The lowest BCUT2D eigenvalue weighted by molar-refractivity contribution is 0.0697. The zero-order chi connectivity index (χ0) is 22.3. The molecule has 0 amide bonds. The van der Waals surface area contributed by atoms with E-state index in [1.165, 1.54) is 37.7 Å². The van der Waals surface area contributed by atoms with Crippen molar-refractivity contribution in [3.8, 4) is 0 Å². The van der Waals surface area contributed by atoms with Crippen molar-refractivity contribution in [2.45, 2.75) is 64.1 Å². The number of aromatic carboxylic acids is 1. The van der Waals surface area contributed by atoms with Crippen molar-refractivity contribution in [1.29, 1.82) is 0 Å². The van der Waals surface area contributed by atoms with Gasteiger partial charge in [-0.3, -0.25) is 0 Å². The average molecular weight is 433 g/mol. The van der Waals surface area contributed by atoms with E-state index in [0.29, 0.717) is 23.6 Å². The van der Waals surface area contributed by atoms with Crippen molar-refractivity contribution in [2.75, 3.05) is 6.54 Å². The van der Waals surface area contributed by atoms with E-state index in [-0.39, 0.29) is 0 Å². The molecule has 0 spiro atoms. The van der Waals surface area contributed by atoms with Crippen LogP contribution in [0.3, 0.4) is 0 Å². The maximum atomic E-state index is 11.0. The monoisotopic (exact) mass is 432 g/mol. The first kappa shape index (κ1) is 22.8. The van der Waals surface area contributed by atoms with E-state index in [1.807, 2.05) is 12.1 Å². The van der Waals surface area contributed by atoms with Gasteiger partial charge in [-0.1, -0.05) is 61.0 Å². The molecule has 32 heavy (non-hydrogen) atoms.